The summed E-state index contributed by atoms with van der Waals surface area (Å²) in [4.78, 5) is 55.7. The molecule has 3 aromatic rings. The molecular weight excluding hydrogens is 490 g/mol. The van der Waals surface area contributed by atoms with Crippen molar-refractivity contribution in [2.45, 2.75) is 12.1 Å². The molecule has 188 valence electrons. The smallest absolute Gasteiger partial charge is 0.270 e. The van der Waals surface area contributed by atoms with Gasteiger partial charge in [-0.25, -0.2) is 4.90 Å². The lowest BCUT2D eigenvalue weighted by Crippen LogP contribution is -2.48. The molecule has 2 amide bonds. The number of amides is 2. The number of Topliss-reactive ketones (excluding diaryl/α,β-unsaturated/α-hetero) is 1. The minimum atomic E-state index is -1.03. The zero-order valence-electron chi connectivity index (χ0n) is 19.7. The first-order chi connectivity index (χ1) is 18.4. The number of benzene rings is 3. The Morgan fingerprint density at radius 1 is 0.921 bits per heavy atom. The average molecular weight is 509 g/mol. The number of anilines is 2. The Morgan fingerprint density at radius 3 is 2.55 bits per heavy atom. The number of para-hydroxylation sites is 1. The molecule has 7 rings (SSSR count). The second kappa shape index (κ2) is 8.01. The fourth-order valence-electron chi connectivity index (χ4n) is 6.04. The van der Waals surface area contributed by atoms with Crippen LogP contribution in [0, 0.1) is 22.0 Å². The predicted molar refractivity (Wildman–Crippen MR) is 135 cm³/mol. The van der Waals surface area contributed by atoms with Crippen molar-refractivity contribution in [2.24, 2.45) is 11.8 Å². The predicted octanol–water partition coefficient (Wildman–Crippen LogP) is 3.60. The van der Waals surface area contributed by atoms with Crippen molar-refractivity contribution in [2.75, 3.05) is 16.6 Å². The lowest BCUT2D eigenvalue weighted by Gasteiger charge is -2.36. The fourth-order valence-corrected chi connectivity index (χ4v) is 6.04. The molecule has 0 spiro atoms. The largest absolute Gasteiger partial charge is 0.454 e. The molecule has 10 heteroatoms. The molecule has 2 fully saturated rings. The van der Waals surface area contributed by atoms with Crippen LogP contribution in [0.5, 0.6) is 11.5 Å². The molecule has 4 aliphatic rings. The van der Waals surface area contributed by atoms with Gasteiger partial charge in [-0.05, 0) is 23.8 Å². The minimum absolute atomic E-state index is 0.0486. The van der Waals surface area contributed by atoms with Gasteiger partial charge < -0.3 is 14.4 Å². The average Bonchev–Trinajstić information content (AvgIpc) is 3.61. The summed E-state index contributed by atoms with van der Waals surface area (Å²) in [7, 11) is 0. The third-order valence-electron chi connectivity index (χ3n) is 7.64. The molecule has 0 aliphatic carbocycles. The van der Waals surface area contributed by atoms with Crippen LogP contribution in [0.1, 0.15) is 15.9 Å². The van der Waals surface area contributed by atoms with E-state index in [1.165, 1.54) is 24.3 Å². The SMILES string of the molecule is O=C(c1cccc([N+](=O)[O-])c1)[C@@H]1[C@@H]2C(=O)N(c3ccc4c(c3)OCO4)C(=O)[C@@H]2[C@H]2C=Cc3ccccc3N21. The first-order valence-corrected chi connectivity index (χ1v) is 12.1. The molecule has 0 saturated carbocycles. The van der Waals surface area contributed by atoms with Crippen LogP contribution in [-0.2, 0) is 9.59 Å². The van der Waals surface area contributed by atoms with Crippen molar-refractivity contribution in [1.82, 2.24) is 0 Å². The number of hydrogen-bond donors (Lipinski definition) is 0. The number of imide groups is 1. The maximum atomic E-state index is 14.1. The molecule has 4 atom stereocenters. The number of nitro benzene ring substituents is 1. The zero-order chi connectivity index (χ0) is 26.1. The third-order valence-corrected chi connectivity index (χ3v) is 7.64. The molecule has 4 heterocycles. The first-order valence-electron chi connectivity index (χ1n) is 12.1. The summed E-state index contributed by atoms with van der Waals surface area (Å²) < 4.78 is 10.8. The summed E-state index contributed by atoms with van der Waals surface area (Å²) in [5.74, 6) is -2.21. The number of nitro groups is 1. The van der Waals surface area contributed by atoms with Gasteiger partial charge in [0.2, 0.25) is 18.6 Å². The van der Waals surface area contributed by atoms with Crippen LogP contribution < -0.4 is 19.3 Å². The summed E-state index contributed by atoms with van der Waals surface area (Å²) in [6.07, 6.45) is 3.75. The maximum Gasteiger partial charge on any atom is 0.270 e. The number of carbonyl (C=O) groups excluding carboxylic acids is 3. The molecule has 0 bridgehead atoms. The Labute approximate surface area is 215 Å². The highest BCUT2D eigenvalue weighted by Gasteiger charge is 2.64. The summed E-state index contributed by atoms with van der Waals surface area (Å²) >= 11 is 0. The van der Waals surface area contributed by atoms with Crippen LogP contribution in [0.3, 0.4) is 0 Å². The van der Waals surface area contributed by atoms with Crippen LogP contribution in [0.15, 0.2) is 72.8 Å². The Morgan fingerprint density at radius 2 is 1.71 bits per heavy atom. The quantitative estimate of drug-likeness (QED) is 0.227. The number of rotatable bonds is 4. The van der Waals surface area contributed by atoms with Gasteiger partial charge in [0, 0.05) is 29.4 Å². The molecule has 0 N–H and O–H groups in total. The zero-order valence-corrected chi connectivity index (χ0v) is 19.7. The molecule has 3 aromatic carbocycles. The van der Waals surface area contributed by atoms with Gasteiger partial charge in [-0.2, -0.15) is 0 Å². The molecule has 0 unspecified atom stereocenters. The van der Waals surface area contributed by atoms with Gasteiger partial charge in [0.05, 0.1) is 28.5 Å². The van der Waals surface area contributed by atoms with Crippen molar-refractivity contribution in [3.05, 3.63) is 94.0 Å². The van der Waals surface area contributed by atoms with E-state index in [0.717, 1.165) is 16.2 Å². The number of nitrogens with zero attached hydrogens (tertiary/aromatic N) is 3. The topological polar surface area (TPSA) is 119 Å². The van der Waals surface area contributed by atoms with E-state index in [4.69, 9.17) is 9.47 Å². The molecular formula is C28H19N3O7. The summed E-state index contributed by atoms with van der Waals surface area (Å²) in [6.45, 7) is 0.0486. The number of non-ortho nitro benzene ring substituents is 1. The Hall–Kier alpha value is -4.99. The van der Waals surface area contributed by atoms with E-state index < -0.39 is 46.4 Å². The summed E-state index contributed by atoms with van der Waals surface area (Å²) in [5, 5.41) is 11.4. The number of fused-ring (bicyclic) bond motifs is 6. The van der Waals surface area contributed by atoms with Crippen LogP contribution in [0.25, 0.3) is 6.08 Å². The van der Waals surface area contributed by atoms with E-state index >= 15 is 0 Å². The van der Waals surface area contributed by atoms with Crippen LogP contribution in [-0.4, -0.2) is 41.4 Å². The van der Waals surface area contributed by atoms with E-state index in [9.17, 15) is 24.5 Å². The summed E-state index contributed by atoms with van der Waals surface area (Å²) in [5.41, 5.74) is 1.81. The van der Waals surface area contributed by atoms with Crippen molar-refractivity contribution in [1.29, 1.82) is 0 Å². The lowest BCUT2D eigenvalue weighted by atomic mass is 9.86. The molecule has 10 nitrogen and oxygen atoms in total. The van der Waals surface area contributed by atoms with Crippen molar-refractivity contribution < 1.29 is 28.8 Å². The molecule has 38 heavy (non-hydrogen) atoms. The van der Waals surface area contributed by atoms with Gasteiger partial charge in [-0.15, -0.1) is 0 Å². The van der Waals surface area contributed by atoms with Crippen molar-refractivity contribution in [3.8, 4) is 11.5 Å². The molecule has 2 saturated heterocycles. The van der Waals surface area contributed by atoms with E-state index in [1.807, 2.05) is 41.3 Å². The standard InChI is InChI=1S/C28H19N3O7/c32-26(16-5-3-6-18(12-16)31(35)36)25-24-23(20-10-8-15-4-1-2-7-19(15)30(20)25)27(33)29(28(24)34)17-9-11-21-22(13-17)38-14-37-21/h1-13,20,23-25H,14H2/t20-,23-,24-,25+/m1/s1. The van der Waals surface area contributed by atoms with Gasteiger partial charge >= 0.3 is 0 Å². The highest BCUT2D eigenvalue weighted by atomic mass is 16.7. The normalized spacial score (nSPS) is 24.3. The minimum Gasteiger partial charge on any atom is -0.454 e. The van der Waals surface area contributed by atoms with Gasteiger partial charge in [-0.3, -0.25) is 24.5 Å². The number of carbonyl (C=O) groups is 3. The second-order valence-electron chi connectivity index (χ2n) is 9.53. The highest BCUT2D eigenvalue weighted by Crippen LogP contribution is 2.50. The number of hydrogen-bond acceptors (Lipinski definition) is 8. The lowest BCUT2D eigenvalue weighted by molar-refractivity contribution is -0.384. The second-order valence-corrected chi connectivity index (χ2v) is 9.53. The fraction of sp³-hybridized carbons (Fsp3) is 0.179. The van der Waals surface area contributed by atoms with Crippen LogP contribution in [0.4, 0.5) is 17.1 Å². The molecule has 0 aromatic heterocycles. The van der Waals surface area contributed by atoms with E-state index in [2.05, 4.69) is 0 Å². The number of ether oxygens (including phenoxy) is 2. The Balaban J connectivity index is 1.35. The van der Waals surface area contributed by atoms with Gasteiger partial charge in [0.1, 0.15) is 6.04 Å². The maximum absolute atomic E-state index is 14.1. The monoisotopic (exact) mass is 509 g/mol. The van der Waals surface area contributed by atoms with Gasteiger partial charge in [0.15, 0.2) is 17.3 Å². The van der Waals surface area contributed by atoms with E-state index in [0.29, 0.717) is 17.2 Å². The Kier molecular flexibility index (Phi) is 4.68. The van der Waals surface area contributed by atoms with Crippen molar-refractivity contribution in [3.63, 3.8) is 0 Å². The van der Waals surface area contributed by atoms with Crippen LogP contribution in [0.2, 0.25) is 0 Å². The highest BCUT2D eigenvalue weighted by molar-refractivity contribution is 6.25. The molecule has 0 radical (unpaired) electrons. The summed E-state index contributed by atoms with van der Waals surface area (Å²) in [6, 6.07) is 16.2. The van der Waals surface area contributed by atoms with E-state index in [-0.39, 0.29) is 18.0 Å². The Bertz CT molecular complexity index is 1600. The van der Waals surface area contributed by atoms with Crippen LogP contribution >= 0.6 is 0 Å². The first kappa shape index (κ1) is 22.2. The van der Waals surface area contributed by atoms with E-state index in [1.54, 1.807) is 18.2 Å². The van der Waals surface area contributed by atoms with Gasteiger partial charge in [0.25, 0.3) is 5.69 Å². The third kappa shape index (κ3) is 3.03. The number of ketones is 1. The molecule has 4 aliphatic heterocycles. The van der Waals surface area contributed by atoms with Gasteiger partial charge in [-0.1, -0.05) is 42.5 Å². The van der Waals surface area contributed by atoms with Crippen molar-refractivity contribution >= 4 is 40.7 Å².